The summed E-state index contributed by atoms with van der Waals surface area (Å²) in [4.78, 5) is 37.6. The molecule has 0 rings (SSSR count). The average Bonchev–Trinajstić information content (AvgIpc) is 1.78. The zero-order valence-electron chi connectivity index (χ0n) is 8.94. The summed E-state index contributed by atoms with van der Waals surface area (Å²) in [6.45, 7) is 5.42. The van der Waals surface area contributed by atoms with E-state index in [2.05, 4.69) is 4.74 Å². The Labute approximate surface area is 86.7 Å². The van der Waals surface area contributed by atoms with E-state index >= 15 is 0 Å². The third-order valence-corrected chi connectivity index (χ3v) is 0.287. The van der Waals surface area contributed by atoms with Crippen molar-refractivity contribution in [2.45, 2.75) is 27.7 Å². The maximum Gasteiger partial charge on any atom is 0.503 e. The van der Waals surface area contributed by atoms with Gasteiger partial charge in [-0.1, -0.05) is 0 Å². The van der Waals surface area contributed by atoms with Crippen LogP contribution in [0.25, 0.3) is 0 Å². The first-order chi connectivity index (χ1) is 6.59. The molecule has 7 nitrogen and oxygen atoms in total. The van der Waals surface area contributed by atoms with Crippen LogP contribution in [0.5, 0.6) is 0 Å². The number of carbonyl (C=O) groups excluding carboxylic acids is 3. The van der Waals surface area contributed by atoms with Gasteiger partial charge in [0.05, 0.1) is 0 Å². The minimum Gasteiger partial charge on any atom is -0.450 e. The first kappa shape index (κ1) is 18.8. The number of carbonyl (C=O) groups is 4. The molecule has 0 aliphatic rings. The Hall–Kier alpha value is -1.92. The fourth-order valence-electron chi connectivity index (χ4n) is 0.202. The summed E-state index contributed by atoms with van der Waals surface area (Å²) in [7, 11) is 0. The lowest BCUT2D eigenvalue weighted by molar-refractivity contribution is -0.156. The lowest BCUT2D eigenvalue weighted by Crippen LogP contribution is -2.03. The molecule has 0 aromatic carbocycles. The van der Waals surface area contributed by atoms with E-state index in [4.69, 9.17) is 15.0 Å². The number of rotatable bonds is 0. The van der Waals surface area contributed by atoms with E-state index in [0.29, 0.717) is 0 Å². The minimum absolute atomic E-state index is 0.167. The van der Waals surface area contributed by atoms with Gasteiger partial charge in [-0.05, 0) is 13.8 Å². The van der Waals surface area contributed by atoms with Crippen LogP contribution < -0.4 is 0 Å². The number of ketones is 1. The molecule has 0 aromatic heterocycles. The van der Waals surface area contributed by atoms with E-state index in [1.54, 1.807) is 0 Å². The normalized spacial score (nSPS) is 6.93. The van der Waals surface area contributed by atoms with Crippen LogP contribution in [0.3, 0.4) is 0 Å². The summed E-state index contributed by atoms with van der Waals surface area (Å²) in [6, 6.07) is 0. The number of carboxylic acid groups (broad SMARTS) is 2. The van der Waals surface area contributed by atoms with Crippen molar-refractivity contribution < 1.29 is 34.1 Å². The first-order valence-electron chi connectivity index (χ1n) is 3.67. The molecule has 0 unspecified atom stereocenters. The van der Waals surface area contributed by atoms with Gasteiger partial charge in [-0.15, -0.1) is 0 Å². The molecule has 0 aromatic rings. The highest BCUT2D eigenvalue weighted by atomic mass is 16.6. The molecule has 0 fully saturated rings. The van der Waals surface area contributed by atoms with Crippen LogP contribution in [0.4, 0.5) is 4.79 Å². The molecule has 2 N–H and O–H groups in total. The molecule has 0 amide bonds. The molecule has 7 heteroatoms. The third-order valence-electron chi connectivity index (χ3n) is 0.287. The highest BCUT2D eigenvalue weighted by Crippen LogP contribution is 1.73. The Morgan fingerprint density at radius 1 is 0.800 bits per heavy atom. The Kier molecular flexibility index (Phi) is 15.1. The van der Waals surface area contributed by atoms with Gasteiger partial charge in [0.15, 0.2) is 0 Å². The first-order valence-corrected chi connectivity index (χ1v) is 3.67. The highest BCUT2D eigenvalue weighted by Gasteiger charge is 1.93. The molecular weight excluding hydrogens is 208 g/mol. The van der Waals surface area contributed by atoms with E-state index in [1.807, 2.05) is 0 Å². The van der Waals surface area contributed by atoms with Gasteiger partial charge in [-0.25, -0.2) is 4.79 Å². The van der Waals surface area contributed by atoms with Crippen LogP contribution in [0.15, 0.2) is 0 Å². The SMILES string of the molecule is CC(=O)OC(C)=O.CC(C)=O.O=C(O)O. The van der Waals surface area contributed by atoms with Gasteiger partial charge in [-0.2, -0.15) is 0 Å². The van der Waals surface area contributed by atoms with Crippen LogP contribution in [-0.2, 0) is 19.1 Å². The van der Waals surface area contributed by atoms with Crippen molar-refractivity contribution >= 4 is 23.9 Å². The van der Waals surface area contributed by atoms with Gasteiger partial charge in [0.1, 0.15) is 5.78 Å². The van der Waals surface area contributed by atoms with Crippen LogP contribution >= 0.6 is 0 Å². The second kappa shape index (κ2) is 12.1. The number of esters is 2. The Morgan fingerprint density at radius 3 is 0.933 bits per heavy atom. The van der Waals surface area contributed by atoms with Gasteiger partial charge in [0.2, 0.25) is 0 Å². The standard InChI is InChI=1S/C4H6O3.C3H6O.CH2O3/c1-3(5)7-4(2)6;1-3(2)4;2-1(3)4/h1-2H3;1-2H3;(H2,2,3,4). The highest BCUT2D eigenvalue weighted by molar-refractivity contribution is 5.82. The molecule has 88 valence electrons. The third kappa shape index (κ3) is 284. The summed E-state index contributed by atoms with van der Waals surface area (Å²) in [5, 5.41) is 13.9. The smallest absolute Gasteiger partial charge is 0.450 e. The van der Waals surface area contributed by atoms with Crippen molar-refractivity contribution in [1.29, 1.82) is 0 Å². The van der Waals surface area contributed by atoms with Crippen LogP contribution in [0, 0.1) is 0 Å². The van der Waals surface area contributed by atoms with Crippen molar-refractivity contribution in [2.24, 2.45) is 0 Å². The van der Waals surface area contributed by atoms with Gasteiger partial charge >= 0.3 is 18.1 Å². The molecular formula is C8H14O7. The van der Waals surface area contributed by atoms with Gasteiger partial charge in [-0.3, -0.25) is 9.59 Å². The van der Waals surface area contributed by atoms with Crippen molar-refractivity contribution in [1.82, 2.24) is 0 Å². The van der Waals surface area contributed by atoms with E-state index in [9.17, 15) is 14.4 Å². The molecule has 0 atom stereocenters. The molecule has 0 bridgehead atoms. The van der Waals surface area contributed by atoms with Crippen molar-refractivity contribution in [3.05, 3.63) is 0 Å². The lowest BCUT2D eigenvalue weighted by Gasteiger charge is -1.87. The van der Waals surface area contributed by atoms with E-state index in [1.165, 1.54) is 27.7 Å². The molecule has 0 heterocycles. The predicted octanol–water partition coefficient (Wildman–Crippen LogP) is 0.914. The molecule has 0 radical (unpaired) electrons. The van der Waals surface area contributed by atoms with Gasteiger partial charge in [0, 0.05) is 13.8 Å². The quantitative estimate of drug-likeness (QED) is 0.462. The molecule has 0 spiro atoms. The number of Topliss-reactive ketones (excluding diaryl/α,β-unsaturated/α-hetero) is 1. The average molecular weight is 222 g/mol. The maximum atomic E-state index is 9.81. The van der Waals surface area contributed by atoms with Crippen molar-refractivity contribution in [2.75, 3.05) is 0 Å². The largest absolute Gasteiger partial charge is 0.503 e. The van der Waals surface area contributed by atoms with Crippen LogP contribution in [-0.4, -0.2) is 34.1 Å². The van der Waals surface area contributed by atoms with Crippen LogP contribution in [0.1, 0.15) is 27.7 Å². The van der Waals surface area contributed by atoms with Gasteiger partial charge < -0.3 is 19.7 Å². The Bertz CT molecular complexity index is 199. The molecule has 0 aliphatic carbocycles. The second-order valence-electron chi connectivity index (χ2n) is 2.28. The second-order valence-corrected chi connectivity index (χ2v) is 2.28. The zero-order valence-corrected chi connectivity index (χ0v) is 8.94. The van der Waals surface area contributed by atoms with Gasteiger partial charge in [0.25, 0.3) is 0 Å². The monoisotopic (exact) mass is 222 g/mol. The Morgan fingerprint density at radius 2 is 0.933 bits per heavy atom. The molecule has 0 aliphatic heterocycles. The summed E-state index contributed by atoms with van der Waals surface area (Å²) in [6.07, 6.45) is -1.83. The number of ether oxygens (including phenoxy) is 1. The van der Waals surface area contributed by atoms with E-state index < -0.39 is 18.1 Å². The summed E-state index contributed by atoms with van der Waals surface area (Å²) in [5.74, 6) is -0.958. The topological polar surface area (TPSA) is 118 Å². The van der Waals surface area contributed by atoms with Crippen LogP contribution in [0.2, 0.25) is 0 Å². The molecule has 0 saturated carbocycles. The Balaban J connectivity index is -0.000000155. The maximum absolute atomic E-state index is 9.81. The molecule has 0 saturated heterocycles. The van der Waals surface area contributed by atoms with Crippen molar-refractivity contribution in [3.8, 4) is 0 Å². The summed E-state index contributed by atoms with van der Waals surface area (Å²) < 4.78 is 3.97. The summed E-state index contributed by atoms with van der Waals surface area (Å²) >= 11 is 0. The minimum atomic E-state index is -1.83. The predicted molar refractivity (Wildman–Crippen MR) is 49.5 cm³/mol. The summed E-state index contributed by atoms with van der Waals surface area (Å²) in [5.41, 5.74) is 0. The lowest BCUT2D eigenvalue weighted by atomic mass is 10.6. The number of hydrogen-bond donors (Lipinski definition) is 2. The van der Waals surface area contributed by atoms with E-state index in [0.717, 1.165) is 0 Å². The van der Waals surface area contributed by atoms with Crippen molar-refractivity contribution in [3.63, 3.8) is 0 Å². The number of hydrogen-bond acceptors (Lipinski definition) is 5. The fraction of sp³-hybridized carbons (Fsp3) is 0.500. The fourth-order valence-corrected chi connectivity index (χ4v) is 0.202. The zero-order chi connectivity index (χ0) is 13.0. The van der Waals surface area contributed by atoms with E-state index in [-0.39, 0.29) is 5.78 Å². The molecule has 15 heavy (non-hydrogen) atoms.